The lowest BCUT2D eigenvalue weighted by Crippen LogP contribution is -2.07. The number of nitro groups is 1. The van der Waals surface area contributed by atoms with Crippen LogP contribution in [0.2, 0.25) is 0 Å². The van der Waals surface area contributed by atoms with Crippen molar-refractivity contribution in [2.75, 3.05) is 35.7 Å². The van der Waals surface area contributed by atoms with Crippen LogP contribution in [0.25, 0.3) is 0 Å². The average molecular weight is 269 g/mol. The van der Waals surface area contributed by atoms with Crippen LogP contribution in [0, 0.1) is 10.1 Å². The first kappa shape index (κ1) is 14.6. The minimum atomic E-state index is -0.338. The number of nitrogens with one attached hydrogen (secondary N) is 2. The summed E-state index contributed by atoms with van der Waals surface area (Å²) in [5.74, 6) is 1.05. The van der Waals surface area contributed by atoms with Crippen LogP contribution >= 0.6 is 11.8 Å². The number of hydrogen-bond acceptors (Lipinski definition) is 5. The Morgan fingerprint density at radius 2 is 2.00 bits per heavy atom. The minimum Gasteiger partial charge on any atom is -0.380 e. The number of nitrogens with zero attached hydrogens (tertiary/aromatic N) is 1. The Kier molecular flexibility index (Phi) is 6.35. The van der Waals surface area contributed by atoms with E-state index in [4.69, 9.17) is 0 Å². The Balaban J connectivity index is 2.82. The smallest absolute Gasteiger partial charge is 0.315 e. The van der Waals surface area contributed by atoms with Crippen molar-refractivity contribution in [3.8, 4) is 0 Å². The van der Waals surface area contributed by atoms with Gasteiger partial charge in [-0.3, -0.25) is 10.1 Å². The Bertz CT molecular complexity index is 399. The van der Waals surface area contributed by atoms with E-state index >= 15 is 0 Å². The van der Waals surface area contributed by atoms with Crippen molar-refractivity contribution in [1.29, 1.82) is 0 Å². The normalized spacial score (nSPS) is 10.1. The fourth-order valence-corrected chi connectivity index (χ4v) is 2.09. The predicted octanol–water partition coefficient (Wildman–Crippen LogP) is 3.19. The molecule has 0 spiro atoms. The monoisotopic (exact) mass is 269 g/mol. The van der Waals surface area contributed by atoms with E-state index < -0.39 is 0 Å². The second-order valence-corrected chi connectivity index (χ2v) is 4.75. The van der Waals surface area contributed by atoms with Crippen molar-refractivity contribution in [2.45, 2.75) is 13.3 Å². The van der Waals surface area contributed by atoms with E-state index in [1.54, 1.807) is 23.9 Å². The molecule has 0 heterocycles. The van der Waals surface area contributed by atoms with Crippen molar-refractivity contribution in [1.82, 2.24) is 0 Å². The molecule has 6 heteroatoms. The van der Waals surface area contributed by atoms with Crippen LogP contribution in [0.5, 0.6) is 0 Å². The van der Waals surface area contributed by atoms with Crippen LogP contribution in [0.3, 0.4) is 0 Å². The molecule has 0 aliphatic heterocycles. The van der Waals surface area contributed by atoms with E-state index in [0.717, 1.165) is 18.7 Å². The summed E-state index contributed by atoms with van der Waals surface area (Å²) in [6.45, 7) is 3.33. The van der Waals surface area contributed by atoms with Gasteiger partial charge in [-0.25, -0.2) is 0 Å². The van der Waals surface area contributed by atoms with Gasteiger partial charge < -0.3 is 10.6 Å². The number of thioether (sulfide) groups is 1. The van der Waals surface area contributed by atoms with Gasteiger partial charge >= 0.3 is 5.69 Å². The lowest BCUT2D eigenvalue weighted by atomic mass is 10.2. The third-order valence-corrected chi connectivity index (χ3v) is 3.12. The van der Waals surface area contributed by atoms with Crippen molar-refractivity contribution < 1.29 is 4.92 Å². The molecule has 0 amide bonds. The summed E-state index contributed by atoms with van der Waals surface area (Å²) in [5, 5.41) is 17.3. The van der Waals surface area contributed by atoms with Gasteiger partial charge in [-0.15, -0.1) is 0 Å². The first-order valence-corrected chi connectivity index (χ1v) is 7.34. The molecule has 0 unspecified atom stereocenters. The molecular weight excluding hydrogens is 250 g/mol. The molecule has 0 radical (unpaired) electrons. The fourth-order valence-electron chi connectivity index (χ4n) is 1.66. The van der Waals surface area contributed by atoms with E-state index in [0.29, 0.717) is 17.9 Å². The van der Waals surface area contributed by atoms with Gasteiger partial charge in [0.1, 0.15) is 11.4 Å². The van der Waals surface area contributed by atoms with Gasteiger partial charge in [-0.05, 0) is 37.5 Å². The number of rotatable bonds is 8. The van der Waals surface area contributed by atoms with Crippen molar-refractivity contribution in [3.05, 3.63) is 28.3 Å². The molecule has 100 valence electrons. The van der Waals surface area contributed by atoms with Crippen LogP contribution in [-0.2, 0) is 0 Å². The highest BCUT2D eigenvalue weighted by Gasteiger charge is 2.18. The molecule has 5 nitrogen and oxygen atoms in total. The van der Waals surface area contributed by atoms with E-state index in [1.165, 1.54) is 0 Å². The molecule has 2 N–H and O–H groups in total. The number of para-hydroxylation sites is 1. The summed E-state index contributed by atoms with van der Waals surface area (Å²) in [7, 11) is 0. The molecule has 0 atom stereocenters. The molecule has 0 aromatic heterocycles. The Hall–Kier alpha value is -1.43. The summed E-state index contributed by atoms with van der Waals surface area (Å²) < 4.78 is 0. The highest BCUT2D eigenvalue weighted by molar-refractivity contribution is 7.98. The zero-order valence-electron chi connectivity index (χ0n) is 10.7. The summed E-state index contributed by atoms with van der Waals surface area (Å²) in [6.07, 6.45) is 3.04. The molecule has 0 saturated carbocycles. The summed E-state index contributed by atoms with van der Waals surface area (Å²) in [5.41, 5.74) is 1.28. The maximum absolute atomic E-state index is 11.1. The maximum Gasteiger partial charge on any atom is 0.315 e. The molecule has 18 heavy (non-hydrogen) atoms. The van der Waals surface area contributed by atoms with Crippen LogP contribution in [-0.4, -0.2) is 30.0 Å². The first-order chi connectivity index (χ1) is 8.70. The predicted molar refractivity (Wildman–Crippen MR) is 78.7 cm³/mol. The highest BCUT2D eigenvalue weighted by atomic mass is 32.2. The quantitative estimate of drug-likeness (QED) is 0.431. The van der Waals surface area contributed by atoms with E-state index in [1.807, 2.05) is 19.2 Å². The fraction of sp³-hybridized carbons (Fsp3) is 0.500. The SMILES string of the molecule is CCNc1cccc(NCCCSC)c1[N+](=O)[O-]. The molecule has 1 rings (SSSR count). The van der Waals surface area contributed by atoms with Gasteiger partial charge in [-0.1, -0.05) is 6.07 Å². The molecule has 0 fully saturated rings. The molecule has 0 aliphatic carbocycles. The van der Waals surface area contributed by atoms with Gasteiger partial charge in [-0.2, -0.15) is 11.8 Å². The number of hydrogen-bond donors (Lipinski definition) is 2. The second-order valence-electron chi connectivity index (χ2n) is 3.76. The Morgan fingerprint density at radius 3 is 2.56 bits per heavy atom. The third kappa shape index (κ3) is 4.10. The summed E-state index contributed by atoms with van der Waals surface area (Å²) in [4.78, 5) is 10.8. The van der Waals surface area contributed by atoms with Crippen LogP contribution < -0.4 is 10.6 Å². The zero-order chi connectivity index (χ0) is 13.4. The number of anilines is 2. The molecule has 1 aromatic rings. The van der Waals surface area contributed by atoms with Gasteiger partial charge in [0.05, 0.1) is 4.92 Å². The maximum atomic E-state index is 11.1. The van der Waals surface area contributed by atoms with Crippen molar-refractivity contribution >= 4 is 28.8 Å². The lowest BCUT2D eigenvalue weighted by molar-refractivity contribution is -0.383. The average Bonchev–Trinajstić information content (AvgIpc) is 2.35. The van der Waals surface area contributed by atoms with Crippen molar-refractivity contribution in [2.24, 2.45) is 0 Å². The third-order valence-electron chi connectivity index (χ3n) is 2.43. The standard InChI is InChI=1S/C12H19N3O2S/c1-3-13-10-6-4-7-11(12(10)15(16)17)14-8-5-9-18-2/h4,6-7,13-14H,3,5,8-9H2,1-2H3. The van der Waals surface area contributed by atoms with Gasteiger partial charge in [0.2, 0.25) is 0 Å². The summed E-state index contributed by atoms with van der Waals surface area (Å²) in [6, 6.07) is 5.30. The van der Waals surface area contributed by atoms with Gasteiger partial charge in [0.25, 0.3) is 0 Å². The summed E-state index contributed by atoms with van der Waals surface area (Å²) >= 11 is 1.77. The topological polar surface area (TPSA) is 67.2 Å². The largest absolute Gasteiger partial charge is 0.380 e. The molecule has 0 aliphatic rings. The van der Waals surface area contributed by atoms with E-state index in [-0.39, 0.29) is 10.6 Å². The molecular formula is C12H19N3O2S. The highest BCUT2D eigenvalue weighted by Crippen LogP contribution is 2.32. The molecule has 0 bridgehead atoms. The zero-order valence-corrected chi connectivity index (χ0v) is 11.5. The van der Waals surface area contributed by atoms with Crippen molar-refractivity contribution in [3.63, 3.8) is 0 Å². The van der Waals surface area contributed by atoms with Gasteiger partial charge in [0.15, 0.2) is 0 Å². The second kappa shape index (κ2) is 7.81. The Labute approximate surface area is 111 Å². The molecule has 0 saturated heterocycles. The van der Waals surface area contributed by atoms with Crippen LogP contribution in [0.15, 0.2) is 18.2 Å². The molecule has 1 aromatic carbocycles. The van der Waals surface area contributed by atoms with E-state index in [2.05, 4.69) is 10.6 Å². The van der Waals surface area contributed by atoms with Gasteiger partial charge in [0, 0.05) is 13.1 Å². The minimum absolute atomic E-state index is 0.128. The Morgan fingerprint density at radius 1 is 1.33 bits per heavy atom. The number of benzene rings is 1. The van der Waals surface area contributed by atoms with E-state index in [9.17, 15) is 10.1 Å². The number of nitro benzene ring substituents is 1. The van der Waals surface area contributed by atoms with Crippen LogP contribution in [0.4, 0.5) is 17.1 Å². The van der Waals surface area contributed by atoms with Crippen LogP contribution in [0.1, 0.15) is 13.3 Å². The lowest BCUT2D eigenvalue weighted by Gasteiger charge is -2.10. The first-order valence-electron chi connectivity index (χ1n) is 5.94.